The average Bonchev–Trinajstić information content (AvgIpc) is 2.60. The van der Waals surface area contributed by atoms with Gasteiger partial charge in [0.2, 0.25) is 23.6 Å². The van der Waals surface area contributed by atoms with Crippen molar-refractivity contribution in [3.63, 3.8) is 0 Å². The molecule has 154 valence electrons. The van der Waals surface area contributed by atoms with Crippen LogP contribution in [0.4, 0.5) is 0 Å². The zero-order valence-electron chi connectivity index (χ0n) is 15.8. The van der Waals surface area contributed by atoms with Crippen molar-refractivity contribution in [2.45, 2.75) is 58.2 Å². The van der Waals surface area contributed by atoms with Crippen molar-refractivity contribution in [3.05, 3.63) is 0 Å². The Morgan fingerprint density at radius 2 is 1.63 bits per heavy atom. The maximum Gasteiger partial charge on any atom is 0.325 e. The molecule has 0 bridgehead atoms. The zero-order chi connectivity index (χ0) is 21.1. The fourth-order valence-corrected chi connectivity index (χ4v) is 1.98. The Hall–Kier alpha value is -2.69. The molecule has 4 unspecified atom stereocenters. The monoisotopic (exact) mass is 387 g/mol. The second-order valence-corrected chi connectivity index (χ2v) is 6.32. The Labute approximate surface area is 157 Å². The van der Waals surface area contributed by atoms with Crippen LogP contribution in [0.2, 0.25) is 0 Å². The first kappa shape index (κ1) is 24.3. The molecule has 0 radical (unpaired) electrons. The van der Waals surface area contributed by atoms with Crippen LogP contribution in [0.3, 0.4) is 0 Å². The summed E-state index contributed by atoms with van der Waals surface area (Å²) in [6.45, 7) is 4.44. The van der Waals surface area contributed by atoms with Crippen molar-refractivity contribution < 1.29 is 29.1 Å². The summed E-state index contributed by atoms with van der Waals surface area (Å²) in [4.78, 5) is 57.8. The minimum absolute atomic E-state index is 0.0622. The third-order valence-corrected chi connectivity index (χ3v) is 4.04. The number of carboxylic acids is 1. The van der Waals surface area contributed by atoms with E-state index in [0.29, 0.717) is 6.42 Å². The lowest BCUT2D eigenvalue weighted by molar-refractivity contribution is -0.141. The first-order chi connectivity index (χ1) is 12.5. The highest BCUT2D eigenvalue weighted by Crippen LogP contribution is 2.06. The molecule has 0 aliphatic rings. The van der Waals surface area contributed by atoms with E-state index in [1.54, 1.807) is 6.92 Å². The molecule has 0 aromatic heterocycles. The van der Waals surface area contributed by atoms with Gasteiger partial charge in [-0.25, -0.2) is 0 Å². The highest BCUT2D eigenvalue weighted by molar-refractivity contribution is 5.92. The van der Waals surface area contributed by atoms with E-state index in [1.807, 2.05) is 6.92 Å². The van der Waals surface area contributed by atoms with Crippen LogP contribution in [0.15, 0.2) is 0 Å². The number of carboxylic acid groups (broad SMARTS) is 1. The summed E-state index contributed by atoms with van der Waals surface area (Å²) in [5, 5.41) is 15.6. The number of nitrogens with two attached hydrogens (primary N) is 2. The van der Waals surface area contributed by atoms with Crippen LogP contribution >= 0.6 is 0 Å². The lowest BCUT2D eigenvalue weighted by Crippen LogP contribution is -2.54. The highest BCUT2D eigenvalue weighted by atomic mass is 16.4. The van der Waals surface area contributed by atoms with Crippen molar-refractivity contribution in [3.8, 4) is 0 Å². The first-order valence-corrected chi connectivity index (χ1v) is 8.63. The van der Waals surface area contributed by atoms with Crippen LogP contribution in [0.5, 0.6) is 0 Å². The van der Waals surface area contributed by atoms with Crippen LogP contribution in [0, 0.1) is 5.92 Å². The number of carbonyl (C=O) groups excluding carboxylic acids is 4. The molecule has 0 aliphatic carbocycles. The van der Waals surface area contributed by atoms with Crippen LogP contribution in [-0.4, -0.2) is 59.4 Å². The average molecular weight is 387 g/mol. The van der Waals surface area contributed by atoms with Crippen LogP contribution in [-0.2, 0) is 24.0 Å². The normalized spacial score (nSPS) is 15.0. The second-order valence-electron chi connectivity index (χ2n) is 6.32. The van der Waals surface area contributed by atoms with Crippen LogP contribution in [0.25, 0.3) is 0 Å². The summed E-state index contributed by atoms with van der Waals surface area (Å²) in [6, 6.07) is -3.06. The van der Waals surface area contributed by atoms with Crippen molar-refractivity contribution in [1.29, 1.82) is 0 Å². The Morgan fingerprint density at radius 1 is 1.04 bits per heavy atom. The van der Waals surface area contributed by atoms with Gasteiger partial charge in [-0.2, -0.15) is 0 Å². The zero-order valence-corrected chi connectivity index (χ0v) is 15.8. The third kappa shape index (κ3) is 9.54. The molecule has 4 amide bonds. The maximum atomic E-state index is 12.3. The van der Waals surface area contributed by atoms with E-state index in [1.165, 1.54) is 6.92 Å². The smallest absolute Gasteiger partial charge is 0.325 e. The lowest BCUT2D eigenvalue weighted by atomic mass is 9.98. The van der Waals surface area contributed by atoms with E-state index in [0.717, 1.165) is 0 Å². The van der Waals surface area contributed by atoms with Gasteiger partial charge in [0.05, 0.1) is 12.6 Å². The molecule has 0 spiro atoms. The Kier molecular flexibility index (Phi) is 10.7. The van der Waals surface area contributed by atoms with Gasteiger partial charge < -0.3 is 32.5 Å². The Bertz CT molecular complexity index is 568. The van der Waals surface area contributed by atoms with Crippen molar-refractivity contribution in [2.24, 2.45) is 17.4 Å². The van der Waals surface area contributed by atoms with E-state index in [4.69, 9.17) is 16.6 Å². The van der Waals surface area contributed by atoms with E-state index in [2.05, 4.69) is 16.0 Å². The van der Waals surface area contributed by atoms with Gasteiger partial charge in [0.25, 0.3) is 0 Å². The molecule has 0 saturated heterocycles. The summed E-state index contributed by atoms with van der Waals surface area (Å²) in [5.74, 6) is -3.97. The van der Waals surface area contributed by atoms with Gasteiger partial charge in [-0.05, 0) is 19.3 Å². The fourth-order valence-electron chi connectivity index (χ4n) is 1.98. The van der Waals surface area contributed by atoms with Gasteiger partial charge in [-0.1, -0.05) is 20.3 Å². The number of hydrogen-bond acceptors (Lipinski definition) is 6. The molecular formula is C16H29N5O6. The minimum atomic E-state index is -1.22. The Balaban J connectivity index is 4.84. The molecule has 0 aliphatic heterocycles. The SMILES string of the molecule is CCC(C)C(N)C(=O)NC(CCC(N)=O)C(=O)NCC(=O)NC(C)C(=O)O. The van der Waals surface area contributed by atoms with E-state index < -0.39 is 54.3 Å². The van der Waals surface area contributed by atoms with Crippen molar-refractivity contribution in [1.82, 2.24) is 16.0 Å². The minimum Gasteiger partial charge on any atom is -0.480 e. The molecule has 11 nitrogen and oxygen atoms in total. The topological polar surface area (TPSA) is 194 Å². The lowest BCUT2D eigenvalue weighted by Gasteiger charge is -2.23. The number of aliphatic carboxylic acids is 1. The number of primary amides is 1. The third-order valence-electron chi connectivity index (χ3n) is 4.04. The van der Waals surface area contributed by atoms with Gasteiger partial charge >= 0.3 is 5.97 Å². The molecule has 4 atom stereocenters. The molecule has 0 heterocycles. The number of nitrogens with one attached hydrogen (secondary N) is 3. The van der Waals surface area contributed by atoms with Crippen molar-refractivity contribution in [2.75, 3.05) is 6.54 Å². The molecule has 0 aromatic carbocycles. The van der Waals surface area contributed by atoms with Gasteiger partial charge in [-0.15, -0.1) is 0 Å². The second kappa shape index (κ2) is 11.8. The predicted octanol–water partition coefficient (Wildman–Crippen LogP) is -2.18. The van der Waals surface area contributed by atoms with Gasteiger partial charge in [-0.3, -0.25) is 24.0 Å². The van der Waals surface area contributed by atoms with E-state index in [9.17, 15) is 24.0 Å². The number of amides is 4. The van der Waals surface area contributed by atoms with Crippen LogP contribution in [0.1, 0.15) is 40.0 Å². The standard InChI is InChI=1S/C16H29N5O6/c1-4-8(2)13(18)15(25)21-10(5-6-11(17)22)14(24)19-7-12(23)20-9(3)16(26)27/h8-10,13H,4-7,18H2,1-3H3,(H2,17,22)(H,19,24)(H,20,23)(H,21,25)(H,26,27). The highest BCUT2D eigenvalue weighted by Gasteiger charge is 2.26. The summed E-state index contributed by atoms with van der Waals surface area (Å²) in [6.07, 6.45) is 0.446. The predicted molar refractivity (Wildman–Crippen MR) is 96.0 cm³/mol. The van der Waals surface area contributed by atoms with Gasteiger partial charge in [0.15, 0.2) is 0 Å². The van der Waals surface area contributed by atoms with Crippen LogP contribution < -0.4 is 27.4 Å². The van der Waals surface area contributed by atoms with Gasteiger partial charge in [0.1, 0.15) is 12.1 Å². The van der Waals surface area contributed by atoms with E-state index in [-0.39, 0.29) is 18.8 Å². The molecular weight excluding hydrogens is 358 g/mol. The number of carbonyl (C=O) groups is 5. The Morgan fingerprint density at radius 3 is 2.11 bits per heavy atom. The largest absolute Gasteiger partial charge is 0.480 e. The fraction of sp³-hybridized carbons (Fsp3) is 0.688. The summed E-state index contributed by atoms with van der Waals surface area (Å²) >= 11 is 0. The quantitative estimate of drug-likeness (QED) is 0.219. The van der Waals surface area contributed by atoms with Gasteiger partial charge in [0, 0.05) is 6.42 Å². The molecule has 0 rings (SSSR count). The summed E-state index contributed by atoms with van der Waals surface area (Å²) in [7, 11) is 0. The molecule has 0 saturated carbocycles. The molecule has 8 N–H and O–H groups in total. The summed E-state index contributed by atoms with van der Waals surface area (Å²) in [5.41, 5.74) is 10.9. The summed E-state index contributed by atoms with van der Waals surface area (Å²) < 4.78 is 0. The number of hydrogen-bond donors (Lipinski definition) is 6. The molecule has 11 heteroatoms. The van der Waals surface area contributed by atoms with Crippen molar-refractivity contribution >= 4 is 29.6 Å². The number of rotatable bonds is 12. The maximum absolute atomic E-state index is 12.3. The molecule has 0 fully saturated rings. The first-order valence-electron chi connectivity index (χ1n) is 8.63. The molecule has 27 heavy (non-hydrogen) atoms. The van der Waals surface area contributed by atoms with E-state index >= 15 is 0 Å². The molecule has 0 aromatic rings.